The second-order valence-electron chi connectivity index (χ2n) is 5.74. The molecule has 0 bridgehead atoms. The molecule has 1 unspecified atom stereocenters. The Balaban J connectivity index is 1.85. The number of aliphatic hydroxyl groups is 1. The van der Waals surface area contributed by atoms with Crippen LogP contribution in [0.15, 0.2) is 42.7 Å². The van der Waals surface area contributed by atoms with Crippen molar-refractivity contribution in [2.75, 3.05) is 25.1 Å². The van der Waals surface area contributed by atoms with Crippen molar-refractivity contribution in [1.29, 1.82) is 0 Å². The van der Waals surface area contributed by atoms with Crippen molar-refractivity contribution >= 4 is 5.69 Å². The molecule has 3 heterocycles. The summed E-state index contributed by atoms with van der Waals surface area (Å²) < 4.78 is 0. The predicted molar refractivity (Wildman–Crippen MR) is 86.5 cm³/mol. The molecular weight excluding hydrogens is 276 g/mol. The summed E-state index contributed by atoms with van der Waals surface area (Å²) in [5.74, 6) is 0. The van der Waals surface area contributed by atoms with Crippen LogP contribution < -0.4 is 4.90 Å². The molecule has 0 amide bonds. The maximum Gasteiger partial charge on any atom is 0.0776 e. The smallest absolute Gasteiger partial charge is 0.0776 e. The molecule has 5 heteroatoms. The van der Waals surface area contributed by atoms with Gasteiger partial charge in [-0.1, -0.05) is 6.07 Å². The Bertz CT molecular complexity index is 605. The molecule has 1 aliphatic heterocycles. The van der Waals surface area contributed by atoms with Crippen molar-refractivity contribution in [3.8, 4) is 0 Å². The minimum Gasteiger partial charge on any atom is -0.394 e. The van der Waals surface area contributed by atoms with Crippen LogP contribution >= 0.6 is 0 Å². The zero-order valence-corrected chi connectivity index (χ0v) is 12.9. The van der Waals surface area contributed by atoms with Gasteiger partial charge in [-0.25, -0.2) is 0 Å². The fourth-order valence-corrected chi connectivity index (χ4v) is 2.95. The second kappa shape index (κ2) is 6.85. The number of pyridine rings is 2. The molecule has 5 nitrogen and oxygen atoms in total. The SMILES string of the molecule is CN1c2cccnc2CN(Cc2ccccn2)CCC1CO. The van der Waals surface area contributed by atoms with Crippen LogP contribution in [0.3, 0.4) is 0 Å². The molecule has 0 saturated carbocycles. The Kier molecular flexibility index (Phi) is 4.65. The Morgan fingerprint density at radius 2 is 2.05 bits per heavy atom. The number of anilines is 1. The molecule has 3 rings (SSSR count). The molecule has 1 aliphatic rings. The van der Waals surface area contributed by atoms with Gasteiger partial charge in [-0.15, -0.1) is 0 Å². The third-order valence-electron chi connectivity index (χ3n) is 4.27. The maximum absolute atomic E-state index is 9.69. The van der Waals surface area contributed by atoms with Gasteiger partial charge in [0.25, 0.3) is 0 Å². The summed E-state index contributed by atoms with van der Waals surface area (Å²) in [5, 5.41) is 9.69. The van der Waals surface area contributed by atoms with Crippen LogP contribution in [0.5, 0.6) is 0 Å². The standard InChI is InChI=1S/C17H22N4O/c1-20-15(13-22)7-10-21(11-14-5-2-3-8-18-14)12-16-17(20)6-4-9-19-16/h2-6,8-9,15,22H,7,10-13H2,1H3. The normalized spacial score (nSPS) is 19.4. The molecule has 2 aromatic rings. The van der Waals surface area contributed by atoms with Crippen molar-refractivity contribution in [3.63, 3.8) is 0 Å². The molecule has 0 aliphatic carbocycles. The quantitative estimate of drug-likeness (QED) is 0.934. The van der Waals surface area contributed by atoms with E-state index >= 15 is 0 Å². The van der Waals surface area contributed by atoms with Gasteiger partial charge in [0.1, 0.15) is 0 Å². The minimum atomic E-state index is 0.120. The summed E-state index contributed by atoms with van der Waals surface area (Å²) in [6.07, 6.45) is 4.59. The Morgan fingerprint density at radius 1 is 1.18 bits per heavy atom. The molecule has 0 fully saturated rings. The van der Waals surface area contributed by atoms with Crippen molar-refractivity contribution in [1.82, 2.24) is 14.9 Å². The third kappa shape index (κ3) is 3.26. The van der Waals surface area contributed by atoms with Crippen LogP contribution in [-0.4, -0.2) is 46.2 Å². The summed E-state index contributed by atoms with van der Waals surface area (Å²) in [6.45, 7) is 2.68. The largest absolute Gasteiger partial charge is 0.394 e. The maximum atomic E-state index is 9.69. The first-order chi connectivity index (χ1) is 10.8. The predicted octanol–water partition coefficient (Wildman–Crippen LogP) is 1.68. The molecule has 1 N–H and O–H groups in total. The van der Waals surface area contributed by atoms with Gasteiger partial charge >= 0.3 is 0 Å². The number of aliphatic hydroxyl groups excluding tert-OH is 1. The summed E-state index contributed by atoms with van der Waals surface area (Å²) in [4.78, 5) is 13.5. The lowest BCUT2D eigenvalue weighted by Gasteiger charge is -2.35. The van der Waals surface area contributed by atoms with Crippen LogP contribution in [0.4, 0.5) is 5.69 Å². The van der Waals surface area contributed by atoms with Crippen LogP contribution in [0, 0.1) is 0 Å². The third-order valence-corrected chi connectivity index (χ3v) is 4.27. The summed E-state index contributed by atoms with van der Waals surface area (Å²) in [7, 11) is 2.04. The molecule has 116 valence electrons. The number of hydrogen-bond donors (Lipinski definition) is 1. The molecule has 0 radical (unpaired) electrons. The van der Waals surface area contributed by atoms with E-state index in [9.17, 15) is 5.11 Å². The van der Waals surface area contributed by atoms with Gasteiger partial charge < -0.3 is 10.0 Å². The van der Waals surface area contributed by atoms with Gasteiger partial charge in [-0.3, -0.25) is 14.9 Å². The van der Waals surface area contributed by atoms with Gasteiger partial charge in [0, 0.05) is 39.1 Å². The lowest BCUT2D eigenvalue weighted by atomic mass is 10.1. The first-order valence-electron chi connectivity index (χ1n) is 7.68. The summed E-state index contributed by atoms with van der Waals surface area (Å²) >= 11 is 0. The van der Waals surface area contributed by atoms with E-state index in [1.54, 1.807) is 0 Å². The highest BCUT2D eigenvalue weighted by atomic mass is 16.3. The van der Waals surface area contributed by atoms with Crippen LogP contribution in [0.2, 0.25) is 0 Å². The van der Waals surface area contributed by atoms with E-state index in [2.05, 4.69) is 25.8 Å². The van der Waals surface area contributed by atoms with E-state index < -0.39 is 0 Å². The van der Waals surface area contributed by atoms with E-state index in [0.29, 0.717) is 0 Å². The topological polar surface area (TPSA) is 52.5 Å². The molecule has 1 atom stereocenters. The number of fused-ring (bicyclic) bond motifs is 1. The zero-order valence-electron chi connectivity index (χ0n) is 12.9. The van der Waals surface area contributed by atoms with E-state index in [0.717, 1.165) is 43.1 Å². The highest BCUT2D eigenvalue weighted by Gasteiger charge is 2.23. The van der Waals surface area contributed by atoms with Crippen molar-refractivity contribution < 1.29 is 5.11 Å². The molecule has 0 aromatic carbocycles. The molecular formula is C17H22N4O. The first kappa shape index (κ1) is 14.9. The average Bonchev–Trinajstić information content (AvgIpc) is 2.55. The van der Waals surface area contributed by atoms with Crippen LogP contribution in [0.1, 0.15) is 17.8 Å². The monoisotopic (exact) mass is 298 g/mol. The Labute approximate surface area is 131 Å². The fourth-order valence-electron chi connectivity index (χ4n) is 2.95. The van der Waals surface area contributed by atoms with E-state index in [1.165, 1.54) is 0 Å². The molecule has 0 saturated heterocycles. The minimum absolute atomic E-state index is 0.120. The highest BCUT2D eigenvalue weighted by Crippen LogP contribution is 2.25. The molecule has 0 spiro atoms. The van der Waals surface area contributed by atoms with Gasteiger partial charge in [0.05, 0.1) is 29.7 Å². The zero-order chi connectivity index (χ0) is 15.4. The lowest BCUT2D eigenvalue weighted by molar-refractivity contribution is 0.203. The van der Waals surface area contributed by atoms with Gasteiger partial charge in [-0.05, 0) is 30.7 Å². The van der Waals surface area contributed by atoms with E-state index in [-0.39, 0.29) is 12.6 Å². The first-order valence-corrected chi connectivity index (χ1v) is 7.68. The van der Waals surface area contributed by atoms with Crippen molar-refractivity contribution in [2.45, 2.75) is 25.6 Å². The number of aromatic nitrogens is 2. The van der Waals surface area contributed by atoms with Crippen molar-refractivity contribution in [3.05, 3.63) is 54.1 Å². The van der Waals surface area contributed by atoms with Gasteiger partial charge in [0.2, 0.25) is 0 Å². The number of rotatable bonds is 3. The number of hydrogen-bond acceptors (Lipinski definition) is 5. The summed E-state index contributed by atoms with van der Waals surface area (Å²) in [5.41, 5.74) is 3.22. The van der Waals surface area contributed by atoms with Crippen molar-refractivity contribution in [2.24, 2.45) is 0 Å². The van der Waals surface area contributed by atoms with Gasteiger partial charge in [-0.2, -0.15) is 0 Å². The number of likely N-dealkylation sites (N-methyl/N-ethyl adjacent to an activating group) is 1. The lowest BCUT2D eigenvalue weighted by Crippen LogP contribution is -2.41. The van der Waals surface area contributed by atoms with Crippen LogP contribution in [0.25, 0.3) is 0 Å². The number of nitrogens with zero attached hydrogens (tertiary/aromatic N) is 4. The summed E-state index contributed by atoms with van der Waals surface area (Å²) in [6, 6.07) is 10.2. The van der Waals surface area contributed by atoms with Crippen LogP contribution in [-0.2, 0) is 13.1 Å². The molecule has 2 aromatic heterocycles. The average molecular weight is 298 g/mol. The van der Waals surface area contributed by atoms with Gasteiger partial charge in [0.15, 0.2) is 0 Å². The molecule has 22 heavy (non-hydrogen) atoms. The van der Waals surface area contributed by atoms with E-state index in [1.807, 2.05) is 43.7 Å². The highest BCUT2D eigenvalue weighted by molar-refractivity contribution is 5.51. The Hall–Kier alpha value is -1.98. The van der Waals surface area contributed by atoms with E-state index in [4.69, 9.17) is 0 Å². The Morgan fingerprint density at radius 3 is 2.82 bits per heavy atom. The fraction of sp³-hybridized carbons (Fsp3) is 0.412. The second-order valence-corrected chi connectivity index (χ2v) is 5.74.